The molecular weight excluding hydrogens is 254 g/mol. The molecular formula is C16H21NO3. The highest BCUT2D eigenvalue weighted by molar-refractivity contribution is 5.72. The second-order valence-electron chi connectivity index (χ2n) is 5.81. The van der Waals surface area contributed by atoms with Crippen molar-refractivity contribution >= 4 is 6.09 Å². The van der Waals surface area contributed by atoms with E-state index in [0.717, 1.165) is 24.0 Å². The number of ether oxygens (including phenoxy) is 2. The summed E-state index contributed by atoms with van der Waals surface area (Å²) < 4.78 is 11.3. The summed E-state index contributed by atoms with van der Waals surface area (Å²) in [5.74, 6) is 1.14. The molecule has 0 radical (unpaired) electrons. The summed E-state index contributed by atoms with van der Waals surface area (Å²) in [5.41, 5.74) is 1.71. The molecule has 4 heteroatoms. The molecule has 0 aromatic heterocycles. The van der Waals surface area contributed by atoms with Gasteiger partial charge in [-0.25, -0.2) is 4.79 Å². The minimum Gasteiger partial charge on any atom is -0.484 e. The SMILES string of the molecule is C=C(C)CNC(=O)Oc1cccc2c1OC(C)(C)CC2. The van der Waals surface area contributed by atoms with E-state index < -0.39 is 6.09 Å². The summed E-state index contributed by atoms with van der Waals surface area (Å²) in [6.07, 6.45) is 1.38. The summed E-state index contributed by atoms with van der Waals surface area (Å²) in [6, 6.07) is 5.63. The fourth-order valence-electron chi connectivity index (χ4n) is 2.08. The summed E-state index contributed by atoms with van der Waals surface area (Å²) >= 11 is 0. The van der Waals surface area contributed by atoms with Crippen LogP contribution in [0, 0.1) is 0 Å². The zero-order valence-electron chi connectivity index (χ0n) is 12.3. The number of fused-ring (bicyclic) bond motifs is 1. The average molecular weight is 275 g/mol. The zero-order valence-corrected chi connectivity index (χ0v) is 12.3. The first-order chi connectivity index (χ1) is 9.37. The second kappa shape index (κ2) is 5.57. The molecule has 1 aliphatic rings. The highest BCUT2D eigenvalue weighted by Gasteiger charge is 2.29. The van der Waals surface area contributed by atoms with Gasteiger partial charge in [-0.3, -0.25) is 0 Å². The van der Waals surface area contributed by atoms with Crippen LogP contribution >= 0.6 is 0 Å². The van der Waals surface area contributed by atoms with E-state index in [0.29, 0.717) is 18.0 Å². The van der Waals surface area contributed by atoms with Gasteiger partial charge in [0, 0.05) is 6.54 Å². The quantitative estimate of drug-likeness (QED) is 0.859. The summed E-state index contributed by atoms with van der Waals surface area (Å²) in [7, 11) is 0. The van der Waals surface area contributed by atoms with Gasteiger partial charge < -0.3 is 14.8 Å². The first-order valence-electron chi connectivity index (χ1n) is 6.78. The summed E-state index contributed by atoms with van der Waals surface area (Å²) in [6.45, 7) is 10.0. The lowest BCUT2D eigenvalue weighted by Gasteiger charge is -2.33. The molecule has 1 amide bonds. The van der Waals surface area contributed by atoms with Crippen molar-refractivity contribution in [1.29, 1.82) is 0 Å². The Labute approximate surface area is 119 Å². The van der Waals surface area contributed by atoms with Crippen molar-refractivity contribution < 1.29 is 14.3 Å². The number of amides is 1. The van der Waals surface area contributed by atoms with Crippen molar-refractivity contribution in [3.63, 3.8) is 0 Å². The largest absolute Gasteiger partial charge is 0.484 e. The molecule has 0 saturated heterocycles. The number of hydrogen-bond acceptors (Lipinski definition) is 3. The molecule has 108 valence electrons. The third-order valence-corrected chi connectivity index (χ3v) is 3.17. The van der Waals surface area contributed by atoms with Crippen LogP contribution in [0.1, 0.15) is 32.8 Å². The smallest absolute Gasteiger partial charge is 0.412 e. The van der Waals surface area contributed by atoms with E-state index in [-0.39, 0.29) is 5.60 Å². The third kappa shape index (κ3) is 3.53. The predicted octanol–water partition coefficient (Wildman–Crippen LogP) is 3.45. The maximum absolute atomic E-state index is 11.7. The topological polar surface area (TPSA) is 47.6 Å². The van der Waals surface area contributed by atoms with E-state index in [1.165, 1.54) is 0 Å². The van der Waals surface area contributed by atoms with Crippen molar-refractivity contribution in [3.05, 3.63) is 35.9 Å². The molecule has 2 rings (SSSR count). The van der Waals surface area contributed by atoms with Gasteiger partial charge in [0.1, 0.15) is 5.60 Å². The van der Waals surface area contributed by atoms with Crippen molar-refractivity contribution in [2.75, 3.05) is 6.54 Å². The van der Waals surface area contributed by atoms with E-state index >= 15 is 0 Å². The lowest BCUT2D eigenvalue weighted by atomic mass is 9.94. The Hall–Kier alpha value is -1.97. The van der Waals surface area contributed by atoms with Gasteiger partial charge in [0.15, 0.2) is 11.5 Å². The number of para-hydroxylation sites is 1. The Morgan fingerprint density at radius 2 is 2.25 bits per heavy atom. The number of carbonyl (C=O) groups excluding carboxylic acids is 1. The fourth-order valence-corrected chi connectivity index (χ4v) is 2.08. The normalized spacial score (nSPS) is 15.8. The van der Waals surface area contributed by atoms with Crippen molar-refractivity contribution in [2.45, 2.75) is 39.2 Å². The van der Waals surface area contributed by atoms with Gasteiger partial charge >= 0.3 is 6.09 Å². The molecule has 1 aromatic carbocycles. The Morgan fingerprint density at radius 3 is 2.95 bits per heavy atom. The van der Waals surface area contributed by atoms with Gasteiger partial charge in [0.05, 0.1) is 0 Å². The molecule has 0 atom stereocenters. The van der Waals surface area contributed by atoms with Crippen LogP contribution in [0.3, 0.4) is 0 Å². The number of carbonyl (C=O) groups is 1. The van der Waals surface area contributed by atoms with Crippen LogP contribution in [-0.4, -0.2) is 18.2 Å². The highest BCUT2D eigenvalue weighted by Crippen LogP contribution is 2.39. The van der Waals surface area contributed by atoms with Gasteiger partial charge in [-0.15, -0.1) is 0 Å². The van der Waals surface area contributed by atoms with Gasteiger partial charge in [-0.1, -0.05) is 24.3 Å². The monoisotopic (exact) mass is 275 g/mol. The number of nitrogens with one attached hydrogen (secondary N) is 1. The molecule has 0 bridgehead atoms. The minimum absolute atomic E-state index is 0.235. The van der Waals surface area contributed by atoms with Gasteiger partial charge in [0.2, 0.25) is 0 Å². The molecule has 0 saturated carbocycles. The molecule has 4 nitrogen and oxygen atoms in total. The van der Waals surface area contributed by atoms with Crippen LogP contribution in [0.5, 0.6) is 11.5 Å². The molecule has 0 aliphatic carbocycles. The molecule has 1 N–H and O–H groups in total. The van der Waals surface area contributed by atoms with Crippen LogP contribution < -0.4 is 14.8 Å². The van der Waals surface area contributed by atoms with Gasteiger partial charge in [0.25, 0.3) is 0 Å². The van der Waals surface area contributed by atoms with E-state index in [2.05, 4.69) is 11.9 Å². The second-order valence-corrected chi connectivity index (χ2v) is 5.81. The molecule has 0 unspecified atom stereocenters. The van der Waals surface area contributed by atoms with Crippen LogP contribution in [0.15, 0.2) is 30.4 Å². The standard InChI is InChI=1S/C16H21NO3/c1-11(2)10-17-15(18)19-13-7-5-6-12-8-9-16(3,4)20-14(12)13/h5-7H,1,8-10H2,2-4H3,(H,17,18). The predicted molar refractivity (Wildman–Crippen MR) is 78.3 cm³/mol. The third-order valence-electron chi connectivity index (χ3n) is 3.17. The summed E-state index contributed by atoms with van der Waals surface area (Å²) in [4.78, 5) is 11.7. The average Bonchev–Trinajstić information content (AvgIpc) is 2.36. The van der Waals surface area contributed by atoms with Gasteiger partial charge in [-0.05, 0) is 45.2 Å². The zero-order chi connectivity index (χ0) is 14.8. The van der Waals surface area contributed by atoms with Crippen LogP contribution in [-0.2, 0) is 6.42 Å². The Bertz CT molecular complexity index is 535. The van der Waals surface area contributed by atoms with Crippen molar-refractivity contribution in [2.24, 2.45) is 0 Å². The Morgan fingerprint density at radius 1 is 1.50 bits per heavy atom. The highest BCUT2D eigenvalue weighted by atomic mass is 16.6. The molecule has 1 aromatic rings. The van der Waals surface area contributed by atoms with E-state index in [1.807, 2.05) is 32.9 Å². The molecule has 0 fully saturated rings. The maximum Gasteiger partial charge on any atom is 0.412 e. The van der Waals surface area contributed by atoms with Crippen LogP contribution in [0.25, 0.3) is 0 Å². The van der Waals surface area contributed by atoms with E-state index in [1.54, 1.807) is 6.07 Å². The number of aryl methyl sites for hydroxylation is 1. The molecule has 20 heavy (non-hydrogen) atoms. The first-order valence-corrected chi connectivity index (χ1v) is 6.78. The molecule has 0 spiro atoms. The first kappa shape index (κ1) is 14.4. The van der Waals surface area contributed by atoms with Crippen LogP contribution in [0.4, 0.5) is 4.79 Å². The fraction of sp³-hybridized carbons (Fsp3) is 0.438. The van der Waals surface area contributed by atoms with Crippen molar-refractivity contribution in [3.8, 4) is 11.5 Å². The number of hydrogen-bond donors (Lipinski definition) is 1. The maximum atomic E-state index is 11.7. The number of rotatable bonds is 3. The van der Waals surface area contributed by atoms with Crippen LogP contribution in [0.2, 0.25) is 0 Å². The minimum atomic E-state index is -0.492. The van der Waals surface area contributed by atoms with Gasteiger partial charge in [-0.2, -0.15) is 0 Å². The Balaban J connectivity index is 2.13. The van der Waals surface area contributed by atoms with Crippen molar-refractivity contribution in [1.82, 2.24) is 5.32 Å². The number of benzene rings is 1. The Kier molecular flexibility index (Phi) is 4.02. The summed E-state index contributed by atoms with van der Waals surface area (Å²) in [5, 5.41) is 2.64. The molecule has 1 aliphatic heterocycles. The van der Waals surface area contributed by atoms with E-state index in [9.17, 15) is 4.79 Å². The lowest BCUT2D eigenvalue weighted by Crippen LogP contribution is -2.33. The molecule has 1 heterocycles. The van der Waals surface area contributed by atoms with E-state index in [4.69, 9.17) is 9.47 Å². The lowest BCUT2D eigenvalue weighted by molar-refractivity contribution is 0.0804.